The molecule has 0 spiro atoms. The number of benzene rings is 2. The summed E-state index contributed by atoms with van der Waals surface area (Å²) in [7, 11) is 0. The molecule has 0 aliphatic heterocycles. The number of halogens is 2. The number of hydrogen-bond acceptors (Lipinski definition) is 2. The molecule has 0 saturated heterocycles. The number of H-pyrrole nitrogens is 1. The molecule has 3 aromatic rings. The summed E-state index contributed by atoms with van der Waals surface area (Å²) in [6.07, 6.45) is 1.56. The summed E-state index contributed by atoms with van der Waals surface area (Å²) in [5.74, 6) is -0.859. The number of anilines is 1. The number of carbonyl (C=O) groups excluding carboxylic acids is 1. The van der Waals surface area contributed by atoms with Crippen LogP contribution < -0.4 is 5.32 Å². The van der Waals surface area contributed by atoms with E-state index in [1.54, 1.807) is 30.6 Å². The number of carbonyl (C=O) groups is 1. The number of imidazole rings is 1. The third-order valence-electron chi connectivity index (χ3n) is 2.86. The van der Waals surface area contributed by atoms with Crippen LogP contribution in [0.1, 0.15) is 10.4 Å². The van der Waals surface area contributed by atoms with E-state index in [0.717, 1.165) is 11.0 Å². The van der Waals surface area contributed by atoms with Gasteiger partial charge < -0.3 is 10.3 Å². The number of aromatic amines is 1. The van der Waals surface area contributed by atoms with Crippen molar-refractivity contribution < 1.29 is 9.18 Å². The van der Waals surface area contributed by atoms with E-state index in [-0.39, 0.29) is 11.6 Å². The second kappa shape index (κ2) is 5.05. The molecule has 0 aliphatic carbocycles. The van der Waals surface area contributed by atoms with Crippen LogP contribution in [-0.2, 0) is 0 Å². The van der Waals surface area contributed by atoms with Gasteiger partial charge in [-0.05, 0) is 36.4 Å². The molecule has 0 radical (unpaired) electrons. The predicted molar refractivity (Wildman–Crippen MR) is 78.1 cm³/mol. The number of nitrogens with one attached hydrogen (secondary N) is 2. The van der Waals surface area contributed by atoms with Gasteiger partial charge in [0.05, 0.1) is 23.0 Å². The van der Waals surface area contributed by atoms with Gasteiger partial charge in [-0.15, -0.1) is 0 Å². The Hall–Kier alpha value is -2.21. The highest BCUT2D eigenvalue weighted by atomic mass is 79.9. The van der Waals surface area contributed by atoms with Crippen LogP contribution in [0.15, 0.2) is 47.2 Å². The lowest BCUT2D eigenvalue weighted by Crippen LogP contribution is -2.12. The molecule has 0 bridgehead atoms. The van der Waals surface area contributed by atoms with Gasteiger partial charge >= 0.3 is 0 Å². The van der Waals surface area contributed by atoms with Gasteiger partial charge in [-0.3, -0.25) is 4.79 Å². The highest BCUT2D eigenvalue weighted by Gasteiger charge is 2.10. The quantitative estimate of drug-likeness (QED) is 0.750. The van der Waals surface area contributed by atoms with Gasteiger partial charge in [-0.2, -0.15) is 0 Å². The number of nitrogens with zero attached hydrogens (tertiary/aromatic N) is 1. The average Bonchev–Trinajstić information content (AvgIpc) is 2.90. The summed E-state index contributed by atoms with van der Waals surface area (Å²) < 4.78 is 14.3. The molecule has 1 heterocycles. The van der Waals surface area contributed by atoms with E-state index in [1.165, 1.54) is 12.1 Å². The first-order valence-corrected chi connectivity index (χ1v) is 6.62. The van der Waals surface area contributed by atoms with Crippen LogP contribution >= 0.6 is 15.9 Å². The van der Waals surface area contributed by atoms with Crippen molar-refractivity contribution in [3.63, 3.8) is 0 Å². The lowest BCUT2D eigenvalue weighted by atomic mass is 10.2. The largest absolute Gasteiger partial charge is 0.345 e. The third kappa shape index (κ3) is 2.42. The third-order valence-corrected chi connectivity index (χ3v) is 3.35. The minimum Gasteiger partial charge on any atom is -0.345 e. The Morgan fingerprint density at radius 1 is 1.25 bits per heavy atom. The zero-order chi connectivity index (χ0) is 14.1. The standard InChI is InChI=1S/C14H9BrFN3O/c15-9-2-3-10(16)12(6-9)19-14(20)8-1-4-11-13(5-8)18-7-17-11/h1-7H,(H,17,18)(H,19,20). The normalized spacial score (nSPS) is 10.7. The molecule has 0 unspecified atom stereocenters. The van der Waals surface area contributed by atoms with Gasteiger partial charge in [0.25, 0.3) is 5.91 Å². The lowest BCUT2D eigenvalue weighted by Gasteiger charge is -2.07. The van der Waals surface area contributed by atoms with Crippen molar-refractivity contribution in [3.05, 3.63) is 58.6 Å². The predicted octanol–water partition coefficient (Wildman–Crippen LogP) is 3.72. The van der Waals surface area contributed by atoms with Gasteiger partial charge in [-0.1, -0.05) is 15.9 Å². The van der Waals surface area contributed by atoms with E-state index in [9.17, 15) is 9.18 Å². The Morgan fingerprint density at radius 2 is 2.10 bits per heavy atom. The van der Waals surface area contributed by atoms with Crippen molar-refractivity contribution in [3.8, 4) is 0 Å². The molecule has 20 heavy (non-hydrogen) atoms. The summed E-state index contributed by atoms with van der Waals surface area (Å²) in [6.45, 7) is 0. The first-order valence-electron chi connectivity index (χ1n) is 5.83. The van der Waals surface area contributed by atoms with Crippen LogP contribution in [0.2, 0.25) is 0 Å². The summed E-state index contributed by atoms with van der Waals surface area (Å²) in [5, 5.41) is 2.55. The van der Waals surface area contributed by atoms with Crippen LogP contribution in [0.5, 0.6) is 0 Å². The zero-order valence-electron chi connectivity index (χ0n) is 10.2. The van der Waals surface area contributed by atoms with Crippen LogP contribution in [-0.4, -0.2) is 15.9 Å². The molecule has 0 aliphatic rings. The molecule has 0 atom stereocenters. The average molecular weight is 334 g/mol. The Kier molecular flexibility index (Phi) is 3.23. The van der Waals surface area contributed by atoms with Crippen molar-refractivity contribution in [2.75, 3.05) is 5.32 Å². The Balaban J connectivity index is 1.90. The van der Waals surface area contributed by atoms with Crippen molar-refractivity contribution in [1.82, 2.24) is 9.97 Å². The monoisotopic (exact) mass is 333 g/mol. The lowest BCUT2D eigenvalue weighted by molar-refractivity contribution is 0.102. The smallest absolute Gasteiger partial charge is 0.255 e. The number of amides is 1. The minimum atomic E-state index is -0.482. The molecule has 100 valence electrons. The highest BCUT2D eigenvalue weighted by Crippen LogP contribution is 2.21. The zero-order valence-corrected chi connectivity index (χ0v) is 11.7. The second-order valence-electron chi connectivity index (χ2n) is 4.21. The minimum absolute atomic E-state index is 0.133. The van der Waals surface area contributed by atoms with E-state index in [0.29, 0.717) is 10.0 Å². The van der Waals surface area contributed by atoms with E-state index in [1.807, 2.05) is 0 Å². The van der Waals surface area contributed by atoms with E-state index in [4.69, 9.17) is 0 Å². The SMILES string of the molecule is O=C(Nc1cc(Br)ccc1F)c1ccc2nc[nH]c2c1. The molecule has 0 fully saturated rings. The maximum atomic E-state index is 13.6. The van der Waals surface area contributed by atoms with Crippen molar-refractivity contribution in [2.24, 2.45) is 0 Å². The first-order chi connectivity index (χ1) is 9.63. The van der Waals surface area contributed by atoms with Crippen LogP contribution in [0.4, 0.5) is 10.1 Å². The molecule has 4 nitrogen and oxygen atoms in total. The molecule has 3 rings (SSSR count). The summed E-state index contributed by atoms with van der Waals surface area (Å²) in [4.78, 5) is 19.1. The highest BCUT2D eigenvalue weighted by molar-refractivity contribution is 9.10. The van der Waals surface area contributed by atoms with Crippen LogP contribution in [0.3, 0.4) is 0 Å². The fourth-order valence-corrected chi connectivity index (χ4v) is 2.23. The van der Waals surface area contributed by atoms with Gasteiger partial charge in [0.2, 0.25) is 0 Å². The van der Waals surface area contributed by atoms with Gasteiger partial charge in [-0.25, -0.2) is 9.37 Å². The topological polar surface area (TPSA) is 57.8 Å². The summed E-state index contributed by atoms with van der Waals surface area (Å²) >= 11 is 3.24. The Morgan fingerprint density at radius 3 is 2.95 bits per heavy atom. The van der Waals surface area contributed by atoms with Crippen molar-refractivity contribution in [1.29, 1.82) is 0 Å². The maximum Gasteiger partial charge on any atom is 0.255 e. The van der Waals surface area contributed by atoms with Gasteiger partial charge in [0.1, 0.15) is 5.82 Å². The van der Waals surface area contributed by atoms with Crippen molar-refractivity contribution in [2.45, 2.75) is 0 Å². The van der Waals surface area contributed by atoms with Crippen LogP contribution in [0.25, 0.3) is 11.0 Å². The number of hydrogen-bond donors (Lipinski definition) is 2. The molecule has 1 aromatic heterocycles. The number of fused-ring (bicyclic) bond motifs is 1. The van der Waals surface area contributed by atoms with E-state index >= 15 is 0 Å². The van der Waals surface area contributed by atoms with Gasteiger partial charge in [0, 0.05) is 10.0 Å². The van der Waals surface area contributed by atoms with Crippen LogP contribution in [0, 0.1) is 5.82 Å². The summed E-state index contributed by atoms with van der Waals surface area (Å²) in [6, 6.07) is 9.43. The fourth-order valence-electron chi connectivity index (χ4n) is 1.86. The van der Waals surface area contributed by atoms with Gasteiger partial charge in [0.15, 0.2) is 0 Å². The molecule has 0 saturated carbocycles. The summed E-state index contributed by atoms with van der Waals surface area (Å²) in [5.41, 5.74) is 2.10. The maximum absolute atomic E-state index is 13.6. The molecular formula is C14H9BrFN3O. The fraction of sp³-hybridized carbons (Fsp3) is 0. The first kappa shape index (κ1) is 12.8. The van der Waals surface area contributed by atoms with E-state index < -0.39 is 5.82 Å². The molecule has 2 N–H and O–H groups in total. The van der Waals surface area contributed by atoms with E-state index in [2.05, 4.69) is 31.2 Å². The Labute approximate surface area is 122 Å². The molecule has 2 aromatic carbocycles. The molecule has 1 amide bonds. The second-order valence-corrected chi connectivity index (χ2v) is 5.13. The molecular weight excluding hydrogens is 325 g/mol. The van der Waals surface area contributed by atoms with Crippen molar-refractivity contribution >= 4 is 38.6 Å². The number of rotatable bonds is 2. The number of aromatic nitrogens is 2. The Bertz CT molecular complexity index is 800. The molecule has 6 heteroatoms.